The van der Waals surface area contributed by atoms with Gasteiger partial charge in [-0.2, -0.15) is 0 Å². The van der Waals surface area contributed by atoms with Crippen LogP contribution < -0.4 is 5.32 Å². The second kappa shape index (κ2) is 6.55. The monoisotopic (exact) mass is 282 g/mol. The number of H-pyrrole nitrogens is 1. The van der Waals surface area contributed by atoms with Crippen molar-refractivity contribution in [2.75, 3.05) is 17.6 Å². The van der Waals surface area contributed by atoms with E-state index in [-0.39, 0.29) is 5.78 Å². The molecule has 0 saturated carbocycles. The minimum absolute atomic E-state index is 0.0725. The minimum atomic E-state index is 0.0725. The maximum atomic E-state index is 11.7. The predicted octanol–water partition coefficient (Wildman–Crippen LogP) is 2.66. The van der Waals surface area contributed by atoms with Crippen LogP contribution in [0.25, 0.3) is 0 Å². The first-order valence-corrected chi connectivity index (χ1v) is 7.46. The minimum Gasteiger partial charge on any atom is -0.360 e. The third-order valence-electron chi connectivity index (χ3n) is 2.16. The molecule has 0 aliphatic carbocycles. The molecule has 0 aromatic carbocycles. The highest BCUT2D eigenvalue weighted by molar-refractivity contribution is 8.01. The van der Waals surface area contributed by atoms with Crippen LogP contribution in [0.4, 0.5) is 5.13 Å². The van der Waals surface area contributed by atoms with Crippen molar-refractivity contribution in [2.24, 2.45) is 0 Å². The van der Waals surface area contributed by atoms with E-state index in [4.69, 9.17) is 0 Å². The third-order valence-corrected chi connectivity index (χ3v) is 4.17. The SMILES string of the molecule is CCCNc1nnc(SCC(=O)c2ccc[nH]2)s1. The Morgan fingerprint density at radius 2 is 2.44 bits per heavy atom. The normalized spacial score (nSPS) is 10.5. The second-order valence-corrected chi connectivity index (χ2v) is 5.80. The highest BCUT2D eigenvalue weighted by Gasteiger charge is 2.10. The van der Waals surface area contributed by atoms with Crippen molar-refractivity contribution in [3.8, 4) is 0 Å². The summed E-state index contributed by atoms with van der Waals surface area (Å²) in [6, 6.07) is 3.59. The molecule has 0 bridgehead atoms. The van der Waals surface area contributed by atoms with Crippen molar-refractivity contribution in [2.45, 2.75) is 17.7 Å². The number of hydrogen-bond donors (Lipinski definition) is 2. The molecule has 96 valence electrons. The molecular formula is C11H14N4OS2. The average molecular weight is 282 g/mol. The van der Waals surface area contributed by atoms with E-state index in [0.717, 1.165) is 22.4 Å². The van der Waals surface area contributed by atoms with Gasteiger partial charge in [-0.1, -0.05) is 30.0 Å². The van der Waals surface area contributed by atoms with Crippen molar-refractivity contribution in [3.05, 3.63) is 24.0 Å². The van der Waals surface area contributed by atoms with E-state index in [1.54, 1.807) is 12.3 Å². The van der Waals surface area contributed by atoms with Crippen molar-refractivity contribution in [1.82, 2.24) is 15.2 Å². The van der Waals surface area contributed by atoms with Gasteiger partial charge in [-0.15, -0.1) is 10.2 Å². The summed E-state index contributed by atoms with van der Waals surface area (Å²) >= 11 is 2.90. The smallest absolute Gasteiger partial charge is 0.206 e. The summed E-state index contributed by atoms with van der Waals surface area (Å²) in [6.07, 6.45) is 2.79. The van der Waals surface area contributed by atoms with Crippen LogP contribution in [0, 0.1) is 0 Å². The summed E-state index contributed by atoms with van der Waals surface area (Å²) in [5.74, 6) is 0.450. The molecule has 0 aliphatic rings. The van der Waals surface area contributed by atoms with Crippen molar-refractivity contribution in [1.29, 1.82) is 0 Å². The van der Waals surface area contributed by atoms with E-state index >= 15 is 0 Å². The maximum Gasteiger partial charge on any atom is 0.206 e. The van der Waals surface area contributed by atoms with E-state index < -0.39 is 0 Å². The molecule has 0 saturated heterocycles. The Labute approximate surface area is 113 Å². The quantitative estimate of drug-likeness (QED) is 0.603. The number of thioether (sulfide) groups is 1. The lowest BCUT2D eigenvalue weighted by Gasteiger charge is -1.96. The van der Waals surface area contributed by atoms with Gasteiger partial charge < -0.3 is 10.3 Å². The molecule has 0 unspecified atom stereocenters. The fourth-order valence-electron chi connectivity index (χ4n) is 1.28. The molecule has 0 spiro atoms. The summed E-state index contributed by atoms with van der Waals surface area (Å²) in [6.45, 7) is 2.99. The Balaban J connectivity index is 1.83. The van der Waals surface area contributed by atoms with Gasteiger partial charge in [0.05, 0.1) is 11.4 Å². The van der Waals surface area contributed by atoms with Gasteiger partial charge in [0.25, 0.3) is 0 Å². The van der Waals surface area contributed by atoms with Gasteiger partial charge in [0, 0.05) is 12.7 Å². The zero-order valence-electron chi connectivity index (χ0n) is 9.97. The molecular weight excluding hydrogens is 268 g/mol. The number of carbonyl (C=O) groups is 1. The molecule has 0 radical (unpaired) electrons. The van der Waals surface area contributed by atoms with Gasteiger partial charge in [-0.25, -0.2) is 0 Å². The van der Waals surface area contributed by atoms with Gasteiger partial charge in [0.1, 0.15) is 0 Å². The van der Waals surface area contributed by atoms with Crippen molar-refractivity contribution in [3.63, 3.8) is 0 Å². The second-order valence-electron chi connectivity index (χ2n) is 3.60. The molecule has 0 atom stereocenters. The Morgan fingerprint density at radius 1 is 1.56 bits per heavy atom. The highest BCUT2D eigenvalue weighted by Crippen LogP contribution is 2.25. The number of anilines is 1. The van der Waals surface area contributed by atoms with Crippen LogP contribution >= 0.6 is 23.1 Å². The van der Waals surface area contributed by atoms with Crippen LogP contribution in [0.1, 0.15) is 23.8 Å². The summed E-state index contributed by atoms with van der Waals surface area (Å²) in [5, 5.41) is 12.0. The van der Waals surface area contributed by atoms with Crippen LogP contribution in [-0.4, -0.2) is 33.3 Å². The summed E-state index contributed by atoms with van der Waals surface area (Å²) in [5.41, 5.74) is 0.636. The van der Waals surface area contributed by atoms with Gasteiger partial charge >= 0.3 is 0 Å². The van der Waals surface area contributed by atoms with E-state index in [9.17, 15) is 4.79 Å². The largest absolute Gasteiger partial charge is 0.360 e. The van der Waals surface area contributed by atoms with Gasteiger partial charge in [0.2, 0.25) is 5.13 Å². The molecule has 5 nitrogen and oxygen atoms in total. The van der Waals surface area contributed by atoms with Crippen LogP contribution in [0.2, 0.25) is 0 Å². The molecule has 18 heavy (non-hydrogen) atoms. The number of rotatable bonds is 7. The Bertz CT molecular complexity index is 495. The number of nitrogens with one attached hydrogen (secondary N) is 2. The number of aromatic amines is 1. The molecule has 2 rings (SSSR count). The lowest BCUT2D eigenvalue weighted by molar-refractivity contribution is 0.101. The zero-order valence-corrected chi connectivity index (χ0v) is 11.6. The Hall–Kier alpha value is -1.34. The molecule has 2 aromatic rings. The number of ketones is 1. The number of nitrogens with zero attached hydrogens (tertiary/aromatic N) is 2. The topological polar surface area (TPSA) is 70.7 Å². The first kappa shape index (κ1) is 13.1. The highest BCUT2D eigenvalue weighted by atomic mass is 32.2. The van der Waals surface area contributed by atoms with Crippen molar-refractivity contribution < 1.29 is 4.79 Å². The van der Waals surface area contributed by atoms with Gasteiger partial charge in [-0.3, -0.25) is 4.79 Å². The van der Waals surface area contributed by atoms with E-state index in [1.807, 2.05) is 6.07 Å². The fourth-order valence-corrected chi connectivity index (χ4v) is 2.94. The molecule has 0 amide bonds. The van der Waals surface area contributed by atoms with E-state index in [0.29, 0.717) is 11.4 Å². The first-order chi connectivity index (χ1) is 8.79. The van der Waals surface area contributed by atoms with Crippen molar-refractivity contribution >= 4 is 34.0 Å². The first-order valence-electron chi connectivity index (χ1n) is 5.66. The molecule has 2 N–H and O–H groups in total. The predicted molar refractivity (Wildman–Crippen MR) is 74.5 cm³/mol. The number of aromatic nitrogens is 3. The Kier molecular flexibility index (Phi) is 4.77. The lowest BCUT2D eigenvalue weighted by Crippen LogP contribution is -2.02. The van der Waals surface area contributed by atoms with E-state index in [1.165, 1.54) is 23.1 Å². The number of hydrogen-bond acceptors (Lipinski definition) is 6. The van der Waals surface area contributed by atoms with Crippen LogP contribution in [0.15, 0.2) is 22.7 Å². The average Bonchev–Trinajstić information content (AvgIpc) is 3.04. The lowest BCUT2D eigenvalue weighted by atomic mass is 10.3. The Morgan fingerprint density at radius 3 is 3.17 bits per heavy atom. The fraction of sp³-hybridized carbons (Fsp3) is 0.364. The standard InChI is InChI=1S/C11H14N4OS2/c1-2-5-13-10-14-15-11(18-10)17-7-9(16)8-4-3-6-12-8/h3-4,6,12H,2,5,7H2,1H3,(H,13,14). The molecule has 2 aromatic heterocycles. The van der Waals surface area contributed by atoms with Crippen LogP contribution in [0.5, 0.6) is 0 Å². The summed E-state index contributed by atoms with van der Waals surface area (Å²) in [7, 11) is 0. The molecule has 0 fully saturated rings. The summed E-state index contributed by atoms with van der Waals surface area (Å²) < 4.78 is 0.813. The van der Waals surface area contributed by atoms with Crippen LogP contribution in [0.3, 0.4) is 0 Å². The van der Waals surface area contributed by atoms with Gasteiger partial charge in [-0.05, 0) is 18.6 Å². The third kappa shape index (κ3) is 3.58. The van der Waals surface area contributed by atoms with E-state index in [2.05, 4.69) is 27.4 Å². The maximum absolute atomic E-state index is 11.7. The molecule has 0 aliphatic heterocycles. The zero-order chi connectivity index (χ0) is 12.8. The van der Waals surface area contributed by atoms with Crippen LogP contribution in [-0.2, 0) is 0 Å². The number of carbonyl (C=O) groups excluding carboxylic acids is 1. The molecule has 2 heterocycles. The van der Waals surface area contributed by atoms with Gasteiger partial charge in [0.15, 0.2) is 10.1 Å². The molecule has 7 heteroatoms. The summed E-state index contributed by atoms with van der Waals surface area (Å²) in [4.78, 5) is 14.6. The number of Topliss-reactive ketones (excluding diaryl/α,β-unsaturated/α-hetero) is 1.